The summed E-state index contributed by atoms with van der Waals surface area (Å²) in [5, 5.41) is 6.46. The molecule has 1 rings (SSSR count). The molecule has 0 saturated carbocycles. The van der Waals surface area contributed by atoms with E-state index in [1.807, 2.05) is 0 Å². The highest BCUT2D eigenvalue weighted by Gasteiger charge is 2.14. The van der Waals surface area contributed by atoms with Gasteiger partial charge in [-0.25, -0.2) is 4.79 Å². The lowest BCUT2D eigenvalue weighted by Crippen LogP contribution is -2.21. The Kier molecular flexibility index (Phi) is 4.23. The summed E-state index contributed by atoms with van der Waals surface area (Å²) < 4.78 is 11.0. The van der Waals surface area contributed by atoms with E-state index in [9.17, 15) is 9.00 Å². The fourth-order valence-electron chi connectivity index (χ4n) is 0.695. The molecule has 0 bridgehead atoms. The number of oxime groups is 1. The molecule has 0 aromatic heterocycles. The highest BCUT2D eigenvalue weighted by Crippen LogP contribution is 2.12. The molecule has 1 atom stereocenters. The van der Waals surface area contributed by atoms with Gasteiger partial charge in [0.15, 0.2) is 0 Å². The number of hydrogen-bond acceptors (Lipinski definition) is 5. The fourth-order valence-corrected chi connectivity index (χ4v) is 3.30. The van der Waals surface area contributed by atoms with Gasteiger partial charge in [0, 0.05) is 29.4 Å². The first kappa shape index (κ1) is 10.5. The fraction of sp³-hybridized carbons (Fsp3) is 0.667. The average Bonchev–Trinajstić information content (AvgIpc) is 2.14. The Balaban J connectivity index is 2.41. The molecule has 13 heavy (non-hydrogen) atoms. The minimum Gasteiger partial charge on any atom is -0.323 e. The van der Waals surface area contributed by atoms with Crippen LogP contribution in [0.1, 0.15) is 0 Å². The summed E-state index contributed by atoms with van der Waals surface area (Å²) in [5.74, 6) is 1.84. The van der Waals surface area contributed by atoms with Crippen molar-refractivity contribution in [2.75, 3.05) is 24.3 Å². The summed E-state index contributed by atoms with van der Waals surface area (Å²) in [6.45, 7) is 0. The first-order valence-electron chi connectivity index (χ1n) is 3.65. The van der Waals surface area contributed by atoms with Crippen LogP contribution in [-0.4, -0.2) is 39.7 Å². The van der Waals surface area contributed by atoms with Crippen LogP contribution in [0.25, 0.3) is 0 Å². The Bertz CT molecular complexity index is 254. The summed E-state index contributed by atoms with van der Waals surface area (Å²) in [7, 11) is 0.603. The topological polar surface area (TPSA) is 67.8 Å². The minimum absolute atomic E-state index is 0.391. The third-order valence-corrected chi connectivity index (χ3v) is 3.96. The van der Waals surface area contributed by atoms with Gasteiger partial charge >= 0.3 is 6.09 Å². The number of amides is 1. The third-order valence-electron chi connectivity index (χ3n) is 1.30. The third kappa shape index (κ3) is 3.77. The molecule has 0 spiro atoms. The SMILES string of the molecule is CNC(=O)ON=C1CS(=O)CCS1. The Hall–Kier alpha value is -0.560. The number of nitrogens with one attached hydrogen (secondary N) is 1. The van der Waals surface area contributed by atoms with Crippen molar-refractivity contribution in [3.05, 3.63) is 0 Å². The van der Waals surface area contributed by atoms with E-state index in [4.69, 9.17) is 0 Å². The molecule has 5 nitrogen and oxygen atoms in total. The zero-order valence-corrected chi connectivity index (χ0v) is 8.74. The second-order valence-electron chi connectivity index (χ2n) is 2.25. The Morgan fingerprint density at radius 2 is 2.54 bits per heavy atom. The maximum atomic E-state index is 11.0. The van der Waals surface area contributed by atoms with Gasteiger partial charge in [-0.2, -0.15) is 0 Å². The molecule has 1 heterocycles. The molecule has 1 aliphatic rings. The van der Waals surface area contributed by atoms with E-state index >= 15 is 0 Å². The van der Waals surface area contributed by atoms with Crippen molar-refractivity contribution in [1.82, 2.24) is 5.32 Å². The van der Waals surface area contributed by atoms with Crippen LogP contribution in [0.3, 0.4) is 0 Å². The van der Waals surface area contributed by atoms with E-state index in [0.717, 1.165) is 5.75 Å². The first-order valence-corrected chi connectivity index (χ1v) is 6.13. The first-order chi connectivity index (χ1) is 6.22. The van der Waals surface area contributed by atoms with Crippen molar-refractivity contribution in [2.24, 2.45) is 5.16 Å². The van der Waals surface area contributed by atoms with Gasteiger partial charge in [0.25, 0.3) is 0 Å². The minimum atomic E-state index is -0.850. The molecule has 0 radical (unpaired) electrons. The van der Waals surface area contributed by atoms with Crippen molar-refractivity contribution < 1.29 is 13.8 Å². The van der Waals surface area contributed by atoms with Crippen molar-refractivity contribution in [1.29, 1.82) is 0 Å². The summed E-state index contributed by atoms with van der Waals surface area (Å²) in [4.78, 5) is 15.1. The Morgan fingerprint density at radius 1 is 1.77 bits per heavy atom. The van der Waals surface area contributed by atoms with Crippen LogP contribution in [0.5, 0.6) is 0 Å². The van der Waals surface area contributed by atoms with Crippen LogP contribution in [0.2, 0.25) is 0 Å². The van der Waals surface area contributed by atoms with Crippen molar-refractivity contribution >= 4 is 33.7 Å². The zero-order chi connectivity index (χ0) is 9.68. The molecular weight excluding hydrogens is 212 g/mol. The number of carbonyl (C=O) groups is 1. The standard InChI is InChI=1S/C6H10N2O3S2/c1-7-6(9)11-8-5-4-13(10)3-2-12-5/h2-4H2,1H3,(H,7,9). The van der Waals surface area contributed by atoms with Crippen LogP contribution in [0.15, 0.2) is 5.16 Å². The van der Waals surface area contributed by atoms with Crippen LogP contribution in [-0.2, 0) is 15.6 Å². The van der Waals surface area contributed by atoms with Gasteiger partial charge in [-0.3, -0.25) is 9.05 Å². The van der Waals surface area contributed by atoms with E-state index in [1.165, 1.54) is 18.8 Å². The highest BCUT2D eigenvalue weighted by atomic mass is 32.2. The van der Waals surface area contributed by atoms with Gasteiger partial charge in [-0.1, -0.05) is 5.16 Å². The zero-order valence-electron chi connectivity index (χ0n) is 7.11. The number of hydrogen-bond donors (Lipinski definition) is 1. The molecule has 0 aliphatic carbocycles. The van der Waals surface area contributed by atoms with Gasteiger partial charge in [-0.15, -0.1) is 11.8 Å². The average molecular weight is 222 g/mol. The molecular formula is C6H10N2O3S2. The van der Waals surface area contributed by atoms with Gasteiger partial charge in [0.1, 0.15) is 5.04 Å². The van der Waals surface area contributed by atoms with Crippen LogP contribution >= 0.6 is 11.8 Å². The van der Waals surface area contributed by atoms with Gasteiger partial charge in [0.2, 0.25) is 0 Å². The molecule has 1 fully saturated rings. The van der Waals surface area contributed by atoms with E-state index in [2.05, 4.69) is 15.3 Å². The quantitative estimate of drug-likeness (QED) is 0.506. The monoisotopic (exact) mass is 222 g/mol. The summed E-state index contributed by atoms with van der Waals surface area (Å²) in [6, 6.07) is 0. The largest absolute Gasteiger partial charge is 0.433 e. The predicted molar refractivity (Wildman–Crippen MR) is 53.3 cm³/mol. The molecule has 7 heteroatoms. The molecule has 1 amide bonds. The molecule has 74 valence electrons. The van der Waals surface area contributed by atoms with Crippen LogP contribution < -0.4 is 5.32 Å². The molecule has 1 saturated heterocycles. The maximum Gasteiger partial charge on any atom is 0.433 e. The van der Waals surface area contributed by atoms with Crippen LogP contribution in [0.4, 0.5) is 4.79 Å². The van der Waals surface area contributed by atoms with Crippen molar-refractivity contribution in [3.63, 3.8) is 0 Å². The summed E-state index contributed by atoms with van der Waals surface area (Å²) >= 11 is 1.47. The summed E-state index contributed by atoms with van der Waals surface area (Å²) in [5.41, 5.74) is 0. The lowest BCUT2D eigenvalue weighted by Gasteiger charge is -2.10. The second kappa shape index (κ2) is 5.23. The summed E-state index contributed by atoms with van der Waals surface area (Å²) in [6.07, 6.45) is -0.607. The van der Waals surface area contributed by atoms with Crippen molar-refractivity contribution in [2.45, 2.75) is 0 Å². The van der Waals surface area contributed by atoms with Gasteiger partial charge in [-0.05, 0) is 0 Å². The Morgan fingerprint density at radius 3 is 3.15 bits per heavy atom. The number of rotatable bonds is 1. The van der Waals surface area contributed by atoms with E-state index < -0.39 is 16.9 Å². The van der Waals surface area contributed by atoms with E-state index in [1.54, 1.807) is 0 Å². The van der Waals surface area contributed by atoms with Crippen molar-refractivity contribution in [3.8, 4) is 0 Å². The number of nitrogens with zero attached hydrogens (tertiary/aromatic N) is 1. The molecule has 1 unspecified atom stereocenters. The van der Waals surface area contributed by atoms with Gasteiger partial charge in [0.05, 0.1) is 5.75 Å². The number of thioether (sulfide) groups is 1. The smallest absolute Gasteiger partial charge is 0.323 e. The maximum absolute atomic E-state index is 11.0. The molecule has 0 aromatic carbocycles. The predicted octanol–water partition coefficient (Wildman–Crippen LogP) is 0.151. The lowest BCUT2D eigenvalue weighted by atomic mass is 10.9. The normalized spacial score (nSPS) is 25.6. The van der Waals surface area contributed by atoms with Crippen LogP contribution in [0, 0.1) is 0 Å². The number of carbonyl (C=O) groups excluding carboxylic acids is 1. The van der Waals surface area contributed by atoms with Gasteiger partial charge < -0.3 is 5.32 Å². The molecule has 1 N–H and O–H groups in total. The second-order valence-corrected chi connectivity index (χ2v) is 5.00. The van der Waals surface area contributed by atoms with E-state index in [0.29, 0.717) is 16.5 Å². The molecule has 1 aliphatic heterocycles. The Labute approximate surface area is 82.7 Å². The lowest BCUT2D eigenvalue weighted by molar-refractivity contribution is 0.153. The molecule has 0 aromatic rings. The van der Waals surface area contributed by atoms with E-state index in [-0.39, 0.29) is 0 Å². The highest BCUT2D eigenvalue weighted by molar-refractivity contribution is 8.16.